The molecule has 1 aromatic carbocycles. The maximum absolute atomic E-state index is 11.3. The van der Waals surface area contributed by atoms with Crippen LogP contribution in [0, 0.1) is 0 Å². The quantitative estimate of drug-likeness (QED) is 0.760. The van der Waals surface area contributed by atoms with Gasteiger partial charge in [-0.05, 0) is 6.92 Å². The van der Waals surface area contributed by atoms with Gasteiger partial charge in [0.1, 0.15) is 12.3 Å². The van der Waals surface area contributed by atoms with Crippen LogP contribution >= 0.6 is 0 Å². The molecule has 0 aliphatic heterocycles. The van der Waals surface area contributed by atoms with Crippen LogP contribution in [0.15, 0.2) is 12.1 Å². The maximum Gasteiger partial charge on any atom is 0.325 e. The Bertz CT molecular complexity index is 433. The molecule has 0 aromatic heterocycles. The molecule has 0 aliphatic carbocycles. The normalized spacial score (nSPS) is 9.68. The van der Waals surface area contributed by atoms with Gasteiger partial charge in [0.25, 0.3) is 0 Å². The molecule has 0 radical (unpaired) electrons. The van der Waals surface area contributed by atoms with E-state index < -0.39 is 0 Å². The van der Waals surface area contributed by atoms with Gasteiger partial charge in [-0.25, -0.2) is 0 Å². The Morgan fingerprint density at radius 3 is 2.16 bits per heavy atom. The van der Waals surface area contributed by atoms with Crippen molar-refractivity contribution in [2.75, 3.05) is 39.8 Å². The third-order valence-corrected chi connectivity index (χ3v) is 2.43. The largest absolute Gasteiger partial charge is 0.494 e. The molecule has 0 bridgehead atoms. The molecular formula is C13H19NO5. The van der Waals surface area contributed by atoms with Gasteiger partial charge in [0, 0.05) is 12.1 Å². The van der Waals surface area contributed by atoms with Crippen LogP contribution in [0.25, 0.3) is 0 Å². The first kappa shape index (κ1) is 14.9. The average Bonchev–Trinajstić information content (AvgIpc) is 2.44. The number of hydrogen-bond donors (Lipinski definition) is 1. The van der Waals surface area contributed by atoms with Crippen molar-refractivity contribution < 1.29 is 23.7 Å². The smallest absolute Gasteiger partial charge is 0.325 e. The molecule has 0 heterocycles. The number of anilines is 1. The molecule has 19 heavy (non-hydrogen) atoms. The monoisotopic (exact) mass is 269 g/mol. The molecule has 0 fully saturated rings. The lowest BCUT2D eigenvalue weighted by molar-refractivity contribution is -0.140. The van der Waals surface area contributed by atoms with Gasteiger partial charge >= 0.3 is 5.97 Å². The Morgan fingerprint density at radius 1 is 1.05 bits per heavy atom. The topological polar surface area (TPSA) is 66.0 Å². The molecule has 1 aromatic rings. The Morgan fingerprint density at radius 2 is 1.63 bits per heavy atom. The predicted molar refractivity (Wildman–Crippen MR) is 71.2 cm³/mol. The van der Waals surface area contributed by atoms with Crippen molar-refractivity contribution in [3.63, 3.8) is 0 Å². The van der Waals surface area contributed by atoms with Crippen molar-refractivity contribution >= 4 is 11.7 Å². The lowest BCUT2D eigenvalue weighted by Crippen LogP contribution is -2.17. The first-order chi connectivity index (χ1) is 9.15. The first-order valence-corrected chi connectivity index (χ1v) is 5.85. The second-order valence-corrected chi connectivity index (χ2v) is 3.57. The van der Waals surface area contributed by atoms with Crippen molar-refractivity contribution in [1.29, 1.82) is 0 Å². The minimum absolute atomic E-state index is 0.0552. The van der Waals surface area contributed by atoms with E-state index in [4.69, 9.17) is 18.9 Å². The van der Waals surface area contributed by atoms with E-state index in [0.29, 0.717) is 29.5 Å². The summed E-state index contributed by atoms with van der Waals surface area (Å²) in [6, 6.07) is 3.39. The molecule has 0 unspecified atom stereocenters. The SMILES string of the molecule is CCOC(=O)CNc1cc(OC)c(OC)cc1OC. The Hall–Kier alpha value is -2.11. The van der Waals surface area contributed by atoms with Crippen molar-refractivity contribution in [3.05, 3.63) is 12.1 Å². The Kier molecular flexibility index (Phi) is 5.78. The first-order valence-electron chi connectivity index (χ1n) is 5.85. The highest BCUT2D eigenvalue weighted by Gasteiger charge is 2.12. The van der Waals surface area contributed by atoms with E-state index in [1.54, 1.807) is 33.3 Å². The van der Waals surface area contributed by atoms with Crippen LogP contribution in [0.5, 0.6) is 17.2 Å². The van der Waals surface area contributed by atoms with E-state index in [-0.39, 0.29) is 12.5 Å². The van der Waals surface area contributed by atoms with Crippen LogP contribution in [-0.2, 0) is 9.53 Å². The van der Waals surface area contributed by atoms with E-state index in [9.17, 15) is 4.79 Å². The Balaban J connectivity index is 2.89. The molecule has 6 heteroatoms. The minimum Gasteiger partial charge on any atom is -0.494 e. The fourth-order valence-electron chi connectivity index (χ4n) is 1.55. The molecule has 0 amide bonds. The second-order valence-electron chi connectivity index (χ2n) is 3.57. The fourth-order valence-corrected chi connectivity index (χ4v) is 1.55. The van der Waals surface area contributed by atoms with E-state index >= 15 is 0 Å². The van der Waals surface area contributed by atoms with Crippen molar-refractivity contribution in [3.8, 4) is 17.2 Å². The zero-order chi connectivity index (χ0) is 14.3. The number of carbonyl (C=O) groups is 1. The molecule has 0 aliphatic rings. The van der Waals surface area contributed by atoms with Crippen LogP contribution in [0.1, 0.15) is 6.92 Å². The van der Waals surface area contributed by atoms with Crippen molar-refractivity contribution in [1.82, 2.24) is 0 Å². The number of rotatable bonds is 7. The fraction of sp³-hybridized carbons (Fsp3) is 0.462. The zero-order valence-electron chi connectivity index (χ0n) is 11.6. The zero-order valence-corrected chi connectivity index (χ0v) is 11.6. The van der Waals surface area contributed by atoms with Gasteiger partial charge in [-0.2, -0.15) is 0 Å². The maximum atomic E-state index is 11.3. The molecule has 0 saturated heterocycles. The number of hydrogen-bond acceptors (Lipinski definition) is 6. The number of carbonyl (C=O) groups excluding carboxylic acids is 1. The lowest BCUT2D eigenvalue weighted by Gasteiger charge is -2.15. The summed E-state index contributed by atoms with van der Waals surface area (Å²) in [4.78, 5) is 11.3. The van der Waals surface area contributed by atoms with Gasteiger partial charge in [-0.15, -0.1) is 0 Å². The van der Waals surface area contributed by atoms with Gasteiger partial charge in [-0.1, -0.05) is 0 Å². The van der Waals surface area contributed by atoms with Gasteiger partial charge in [0.15, 0.2) is 11.5 Å². The van der Waals surface area contributed by atoms with Crippen LogP contribution in [0.3, 0.4) is 0 Å². The highest BCUT2D eigenvalue weighted by atomic mass is 16.5. The number of methoxy groups -OCH3 is 3. The summed E-state index contributed by atoms with van der Waals surface area (Å²) >= 11 is 0. The summed E-state index contributed by atoms with van der Waals surface area (Å²) in [5.74, 6) is 1.33. The third-order valence-electron chi connectivity index (χ3n) is 2.43. The highest BCUT2D eigenvalue weighted by molar-refractivity contribution is 5.76. The summed E-state index contributed by atoms with van der Waals surface area (Å²) in [5, 5.41) is 2.94. The van der Waals surface area contributed by atoms with Crippen LogP contribution in [0.2, 0.25) is 0 Å². The van der Waals surface area contributed by atoms with Gasteiger partial charge in [0.2, 0.25) is 0 Å². The summed E-state index contributed by atoms with van der Waals surface area (Å²) in [7, 11) is 4.62. The van der Waals surface area contributed by atoms with Crippen molar-refractivity contribution in [2.45, 2.75) is 6.92 Å². The van der Waals surface area contributed by atoms with Gasteiger partial charge < -0.3 is 24.3 Å². The molecule has 0 spiro atoms. The molecule has 1 N–H and O–H groups in total. The summed E-state index contributed by atoms with van der Waals surface area (Å²) < 4.78 is 20.4. The molecule has 0 saturated carbocycles. The van der Waals surface area contributed by atoms with E-state index in [1.165, 1.54) is 7.11 Å². The standard InChI is InChI=1S/C13H19NO5/c1-5-19-13(15)8-14-9-6-11(17-3)12(18-4)7-10(9)16-2/h6-7,14H,5,8H2,1-4H3. The van der Waals surface area contributed by atoms with E-state index in [0.717, 1.165) is 0 Å². The van der Waals surface area contributed by atoms with E-state index in [1.807, 2.05) is 0 Å². The Labute approximate surface area is 112 Å². The van der Waals surface area contributed by atoms with E-state index in [2.05, 4.69) is 5.32 Å². The number of ether oxygens (including phenoxy) is 4. The van der Waals surface area contributed by atoms with Gasteiger partial charge in [-0.3, -0.25) is 4.79 Å². The molecule has 1 rings (SSSR count). The average molecular weight is 269 g/mol. The minimum atomic E-state index is -0.334. The third kappa shape index (κ3) is 3.94. The van der Waals surface area contributed by atoms with Crippen LogP contribution < -0.4 is 19.5 Å². The van der Waals surface area contributed by atoms with Crippen LogP contribution in [-0.4, -0.2) is 40.5 Å². The molecular weight excluding hydrogens is 250 g/mol. The number of benzene rings is 1. The van der Waals surface area contributed by atoms with Crippen LogP contribution in [0.4, 0.5) is 5.69 Å². The summed E-state index contributed by atoms with van der Waals surface area (Å²) in [6.45, 7) is 2.16. The molecule has 0 atom stereocenters. The number of esters is 1. The summed E-state index contributed by atoms with van der Waals surface area (Å²) in [5.41, 5.74) is 0.633. The highest BCUT2D eigenvalue weighted by Crippen LogP contribution is 2.37. The second kappa shape index (κ2) is 7.35. The predicted octanol–water partition coefficient (Wildman–Crippen LogP) is 1.69. The molecule has 106 valence electrons. The number of nitrogens with one attached hydrogen (secondary N) is 1. The summed E-state index contributed by atoms with van der Waals surface area (Å²) in [6.07, 6.45) is 0. The lowest BCUT2D eigenvalue weighted by atomic mass is 10.2. The van der Waals surface area contributed by atoms with Gasteiger partial charge in [0.05, 0.1) is 33.6 Å². The van der Waals surface area contributed by atoms with Crippen molar-refractivity contribution in [2.24, 2.45) is 0 Å². The molecule has 6 nitrogen and oxygen atoms in total.